The molecule has 216 valence electrons. The molecule has 4 rings (SSSR count). The van der Waals surface area contributed by atoms with Crippen molar-refractivity contribution in [3.63, 3.8) is 0 Å². The van der Waals surface area contributed by atoms with Crippen molar-refractivity contribution in [3.8, 4) is 0 Å². The summed E-state index contributed by atoms with van der Waals surface area (Å²) in [5.74, 6) is 1.33. The number of alkyl carbamates (subject to hydrolysis) is 1. The van der Waals surface area contributed by atoms with Crippen LogP contribution in [-0.2, 0) is 39.1 Å². The summed E-state index contributed by atoms with van der Waals surface area (Å²) in [6.45, 7) is 7.05. The molecule has 1 aromatic heterocycles. The molecule has 1 amide bonds. The number of carbonyl (C=O) groups excluding carboxylic acids is 1. The van der Waals surface area contributed by atoms with E-state index in [2.05, 4.69) is 39.0 Å². The first kappa shape index (κ1) is 29.5. The highest BCUT2D eigenvalue weighted by atomic mass is 32.2. The van der Waals surface area contributed by atoms with Crippen LogP contribution in [-0.4, -0.2) is 62.6 Å². The number of amides is 1. The van der Waals surface area contributed by atoms with Crippen molar-refractivity contribution in [2.45, 2.75) is 50.8 Å². The van der Waals surface area contributed by atoms with Crippen LogP contribution in [0.2, 0.25) is 0 Å². The highest BCUT2D eigenvalue weighted by Gasteiger charge is 2.30. The van der Waals surface area contributed by atoms with Crippen molar-refractivity contribution in [3.05, 3.63) is 71.8 Å². The zero-order valence-corrected chi connectivity index (χ0v) is 24.1. The van der Waals surface area contributed by atoms with E-state index in [9.17, 15) is 13.2 Å². The third kappa shape index (κ3) is 7.38. The number of anilines is 1. The second-order valence-electron chi connectivity index (χ2n) is 9.67. The van der Waals surface area contributed by atoms with Crippen LogP contribution < -0.4 is 14.9 Å². The van der Waals surface area contributed by atoms with Gasteiger partial charge in [0, 0.05) is 44.7 Å². The Labute approximate surface area is 235 Å². The minimum atomic E-state index is -3.89. The van der Waals surface area contributed by atoms with Crippen molar-refractivity contribution >= 4 is 21.8 Å². The molecule has 3 aromatic rings. The van der Waals surface area contributed by atoms with Crippen LogP contribution in [0, 0.1) is 5.92 Å². The molecule has 0 radical (unpaired) electrons. The summed E-state index contributed by atoms with van der Waals surface area (Å²) in [4.78, 5) is 13.8. The zero-order chi connectivity index (χ0) is 28.5. The summed E-state index contributed by atoms with van der Waals surface area (Å²) < 4.78 is 43.0. The maximum atomic E-state index is 13.5. The van der Waals surface area contributed by atoms with Crippen molar-refractivity contribution in [2.24, 2.45) is 5.92 Å². The van der Waals surface area contributed by atoms with Gasteiger partial charge in [-0.15, -0.1) is 10.2 Å². The fourth-order valence-corrected chi connectivity index (χ4v) is 5.97. The number of carbonyl (C=O) groups is 1. The van der Waals surface area contributed by atoms with E-state index in [1.807, 2.05) is 47.0 Å². The average molecular weight is 571 g/mol. The van der Waals surface area contributed by atoms with Gasteiger partial charge >= 0.3 is 6.09 Å². The first-order chi connectivity index (χ1) is 19.3. The van der Waals surface area contributed by atoms with Gasteiger partial charge in [-0.1, -0.05) is 30.3 Å². The number of hydrogen-bond donors (Lipinski definition) is 2. The molecule has 40 heavy (non-hydrogen) atoms. The molecule has 0 saturated carbocycles. The number of nitrogens with one attached hydrogen (secondary N) is 2. The van der Waals surface area contributed by atoms with E-state index < -0.39 is 22.2 Å². The van der Waals surface area contributed by atoms with E-state index in [-0.39, 0.29) is 24.0 Å². The van der Waals surface area contributed by atoms with Gasteiger partial charge in [-0.25, -0.2) is 13.2 Å². The Morgan fingerprint density at radius 1 is 1.10 bits per heavy atom. The lowest BCUT2D eigenvalue weighted by molar-refractivity contribution is 0.1000. The molecule has 1 aliphatic heterocycles. The van der Waals surface area contributed by atoms with Gasteiger partial charge in [0.1, 0.15) is 11.9 Å². The molecular formula is C28H38N6O5S. The van der Waals surface area contributed by atoms with Crippen LogP contribution in [0.5, 0.6) is 0 Å². The van der Waals surface area contributed by atoms with Crippen LogP contribution in [0.15, 0.2) is 59.5 Å². The molecule has 1 aliphatic rings. The van der Waals surface area contributed by atoms with Gasteiger partial charge in [0.05, 0.1) is 24.7 Å². The number of nitrogens with zero attached hydrogens (tertiary/aromatic N) is 4. The van der Waals surface area contributed by atoms with Crippen LogP contribution in [0.1, 0.15) is 43.5 Å². The number of ether oxygens (including phenoxy) is 2. The zero-order valence-electron chi connectivity index (χ0n) is 23.2. The fraction of sp³-hybridized carbons (Fsp3) is 0.464. The molecule has 2 atom stereocenters. The third-order valence-electron chi connectivity index (χ3n) is 7.02. The van der Waals surface area contributed by atoms with Gasteiger partial charge < -0.3 is 24.3 Å². The second kappa shape index (κ2) is 13.7. The van der Waals surface area contributed by atoms with Gasteiger partial charge in [0.2, 0.25) is 10.0 Å². The summed E-state index contributed by atoms with van der Waals surface area (Å²) in [7, 11) is -2.37. The Hall–Kier alpha value is -3.48. The maximum absolute atomic E-state index is 13.5. The van der Waals surface area contributed by atoms with E-state index in [4.69, 9.17) is 9.47 Å². The lowest BCUT2D eigenvalue weighted by Gasteiger charge is -2.25. The summed E-state index contributed by atoms with van der Waals surface area (Å²) in [6, 6.07) is 15.8. The lowest BCUT2D eigenvalue weighted by atomic mass is 9.98. The number of aromatic nitrogens is 3. The normalized spacial score (nSPS) is 15.7. The summed E-state index contributed by atoms with van der Waals surface area (Å²) in [6.07, 6.45) is 0.843. The number of rotatable bonds is 13. The Kier molecular flexibility index (Phi) is 10.1. The molecule has 0 spiro atoms. The van der Waals surface area contributed by atoms with Crippen molar-refractivity contribution in [1.82, 2.24) is 24.8 Å². The largest absolute Gasteiger partial charge is 0.449 e. The summed E-state index contributed by atoms with van der Waals surface area (Å²) >= 11 is 0. The lowest BCUT2D eigenvalue weighted by Crippen LogP contribution is -2.35. The van der Waals surface area contributed by atoms with Crippen LogP contribution in [0.3, 0.4) is 0 Å². The molecule has 2 heterocycles. The molecular weight excluding hydrogens is 532 g/mol. The minimum Gasteiger partial charge on any atom is -0.449 e. The van der Waals surface area contributed by atoms with Gasteiger partial charge in [-0.3, -0.25) is 0 Å². The number of hydrogen-bond acceptors (Lipinski definition) is 8. The quantitative estimate of drug-likeness (QED) is 0.321. The van der Waals surface area contributed by atoms with E-state index in [0.29, 0.717) is 25.4 Å². The predicted octanol–water partition coefficient (Wildman–Crippen LogP) is 3.28. The highest BCUT2D eigenvalue weighted by molar-refractivity contribution is 7.89. The van der Waals surface area contributed by atoms with Crippen LogP contribution >= 0.6 is 0 Å². The topological polar surface area (TPSA) is 128 Å². The van der Waals surface area contributed by atoms with Crippen molar-refractivity contribution < 1.29 is 22.7 Å². The molecule has 2 aromatic carbocycles. The van der Waals surface area contributed by atoms with Gasteiger partial charge in [0.15, 0.2) is 5.82 Å². The molecule has 0 aliphatic carbocycles. The Morgan fingerprint density at radius 3 is 2.50 bits per heavy atom. The number of fused-ring (bicyclic) bond motifs is 1. The van der Waals surface area contributed by atoms with E-state index in [1.165, 1.54) is 7.05 Å². The molecule has 11 nitrogen and oxygen atoms in total. The molecule has 0 bridgehead atoms. The van der Waals surface area contributed by atoms with Gasteiger partial charge in [0.25, 0.3) is 0 Å². The second-order valence-corrected chi connectivity index (χ2v) is 11.4. The number of benzene rings is 2. The number of sulfonamides is 1. The fourth-order valence-electron chi connectivity index (χ4n) is 4.79. The highest BCUT2D eigenvalue weighted by Crippen LogP contribution is 2.26. The first-order valence-corrected chi connectivity index (χ1v) is 15.1. The molecule has 0 saturated heterocycles. The van der Waals surface area contributed by atoms with E-state index in [1.54, 1.807) is 12.1 Å². The van der Waals surface area contributed by atoms with Crippen LogP contribution in [0.25, 0.3) is 0 Å². The molecule has 2 unspecified atom stereocenters. The average Bonchev–Trinajstić information content (AvgIpc) is 3.40. The molecule has 0 fully saturated rings. The van der Waals surface area contributed by atoms with E-state index >= 15 is 0 Å². The van der Waals surface area contributed by atoms with E-state index in [0.717, 1.165) is 36.6 Å². The maximum Gasteiger partial charge on any atom is 0.406 e. The SMILES string of the molecule is CCN(CC)c1ccc(S(=O)(=O)NC(COCc2ccccc2)c2nnc3n2CCC(COC(=O)NC)C3)cc1. The first-order valence-electron chi connectivity index (χ1n) is 13.6. The Balaban J connectivity index is 1.53. The predicted molar refractivity (Wildman–Crippen MR) is 151 cm³/mol. The van der Waals surface area contributed by atoms with Crippen molar-refractivity contribution in [1.29, 1.82) is 0 Å². The smallest absolute Gasteiger partial charge is 0.406 e. The van der Waals surface area contributed by atoms with Gasteiger partial charge in [-0.05, 0) is 50.1 Å². The monoisotopic (exact) mass is 570 g/mol. The van der Waals surface area contributed by atoms with Crippen LogP contribution in [0.4, 0.5) is 10.5 Å². The third-order valence-corrected chi connectivity index (χ3v) is 8.51. The molecule has 2 N–H and O–H groups in total. The molecule has 12 heteroatoms. The van der Waals surface area contributed by atoms with Crippen molar-refractivity contribution in [2.75, 3.05) is 38.3 Å². The summed E-state index contributed by atoms with van der Waals surface area (Å²) in [5, 5.41) is 11.2. The minimum absolute atomic E-state index is 0.0764. The summed E-state index contributed by atoms with van der Waals surface area (Å²) in [5.41, 5.74) is 1.95. The Bertz CT molecular complexity index is 1340. The standard InChI is InChI=1S/C28H38N6O5S/c1-4-33(5-2)23-11-13-24(14-12-23)40(36,37)32-25(20-38-18-21-9-7-6-8-10-21)27-31-30-26-17-22(15-16-34(26)27)19-39-28(35)29-3/h6-14,22,25,32H,4-5,15-20H2,1-3H3,(H,29,35). The Morgan fingerprint density at radius 2 is 1.82 bits per heavy atom. The van der Waals surface area contributed by atoms with Gasteiger partial charge in [-0.2, -0.15) is 4.72 Å².